The van der Waals surface area contributed by atoms with Crippen LogP contribution in [0.3, 0.4) is 0 Å². The molecule has 0 atom stereocenters. The second kappa shape index (κ2) is 8.62. The molecular formula is C25H25N5O. The SMILES string of the molecule is CN(CCc1cn[nH]c1)Cc1cn(Cc2ccccc2)nc1-c1cc2ccccc2o1. The molecule has 0 amide bonds. The van der Waals surface area contributed by atoms with Crippen molar-refractivity contribution < 1.29 is 4.42 Å². The quantitative estimate of drug-likeness (QED) is 0.401. The van der Waals surface area contributed by atoms with E-state index in [9.17, 15) is 0 Å². The number of H-pyrrole nitrogens is 1. The van der Waals surface area contributed by atoms with E-state index in [2.05, 4.69) is 64.7 Å². The summed E-state index contributed by atoms with van der Waals surface area (Å²) in [5.74, 6) is 0.811. The van der Waals surface area contributed by atoms with Gasteiger partial charge in [-0.3, -0.25) is 9.78 Å². The number of aromatic nitrogens is 4. The van der Waals surface area contributed by atoms with Gasteiger partial charge in [0.15, 0.2) is 5.76 Å². The normalized spacial score (nSPS) is 11.5. The Hall–Kier alpha value is -3.64. The average molecular weight is 412 g/mol. The Morgan fingerprint density at radius 1 is 1.03 bits per heavy atom. The molecule has 2 aromatic carbocycles. The Bertz CT molecular complexity index is 1220. The maximum atomic E-state index is 6.15. The lowest BCUT2D eigenvalue weighted by Gasteiger charge is -2.15. The van der Waals surface area contributed by atoms with Crippen molar-refractivity contribution in [2.75, 3.05) is 13.6 Å². The second-order valence-electron chi connectivity index (χ2n) is 7.93. The number of likely N-dealkylation sites (N-methyl/N-ethyl adjacent to an activating group) is 1. The number of para-hydroxylation sites is 1. The number of rotatable bonds is 8. The third-order valence-electron chi connectivity index (χ3n) is 5.46. The molecule has 0 aliphatic carbocycles. The van der Waals surface area contributed by atoms with Crippen LogP contribution in [0.2, 0.25) is 0 Å². The molecule has 5 aromatic rings. The van der Waals surface area contributed by atoms with Gasteiger partial charge in [-0.05, 0) is 36.7 Å². The van der Waals surface area contributed by atoms with E-state index in [0.29, 0.717) is 0 Å². The van der Waals surface area contributed by atoms with Crippen LogP contribution in [0.25, 0.3) is 22.4 Å². The summed E-state index contributed by atoms with van der Waals surface area (Å²) in [5.41, 5.74) is 5.38. The van der Waals surface area contributed by atoms with Crippen LogP contribution < -0.4 is 0 Å². The molecule has 3 aromatic heterocycles. The highest BCUT2D eigenvalue weighted by Crippen LogP contribution is 2.30. The van der Waals surface area contributed by atoms with Crippen LogP contribution in [0.5, 0.6) is 0 Å². The molecule has 0 aliphatic heterocycles. The van der Waals surface area contributed by atoms with E-state index in [1.165, 1.54) is 11.1 Å². The smallest absolute Gasteiger partial charge is 0.156 e. The Morgan fingerprint density at radius 2 is 1.87 bits per heavy atom. The molecule has 5 rings (SSSR count). The predicted molar refractivity (Wildman–Crippen MR) is 122 cm³/mol. The molecule has 0 radical (unpaired) electrons. The van der Waals surface area contributed by atoms with E-state index in [4.69, 9.17) is 9.52 Å². The molecule has 6 nitrogen and oxygen atoms in total. The van der Waals surface area contributed by atoms with Gasteiger partial charge in [0, 0.05) is 36.4 Å². The van der Waals surface area contributed by atoms with Crippen LogP contribution in [0.15, 0.2) is 83.7 Å². The average Bonchev–Trinajstić information content (AvgIpc) is 3.52. The lowest BCUT2D eigenvalue weighted by Crippen LogP contribution is -2.20. The second-order valence-corrected chi connectivity index (χ2v) is 7.93. The lowest BCUT2D eigenvalue weighted by molar-refractivity contribution is 0.331. The zero-order valence-electron chi connectivity index (χ0n) is 17.5. The Morgan fingerprint density at radius 3 is 2.68 bits per heavy atom. The molecule has 6 heteroatoms. The molecular weight excluding hydrogens is 386 g/mol. The zero-order valence-corrected chi connectivity index (χ0v) is 17.5. The lowest BCUT2D eigenvalue weighted by atomic mass is 10.1. The fraction of sp³-hybridized carbons (Fsp3) is 0.200. The third kappa shape index (κ3) is 4.44. The van der Waals surface area contributed by atoms with E-state index in [0.717, 1.165) is 54.0 Å². The molecule has 3 heterocycles. The topological polar surface area (TPSA) is 62.9 Å². The standard InChI is InChI=1S/C25H25N5O/c1-29(12-11-20-14-26-27-15-20)17-22-18-30(16-19-7-3-2-4-8-19)28-25(22)24-13-21-9-5-6-10-23(21)31-24/h2-10,13-15,18H,11-12,16-17H2,1H3,(H,26,27). The van der Waals surface area contributed by atoms with Crippen molar-refractivity contribution in [1.29, 1.82) is 0 Å². The first-order valence-corrected chi connectivity index (χ1v) is 10.5. The van der Waals surface area contributed by atoms with Crippen LogP contribution >= 0.6 is 0 Å². The van der Waals surface area contributed by atoms with E-state index < -0.39 is 0 Å². The van der Waals surface area contributed by atoms with Crippen LogP contribution in [0, 0.1) is 0 Å². The van der Waals surface area contributed by atoms with Gasteiger partial charge in [0.1, 0.15) is 11.3 Å². The van der Waals surface area contributed by atoms with Gasteiger partial charge in [-0.2, -0.15) is 10.2 Å². The highest BCUT2D eigenvalue weighted by Gasteiger charge is 2.17. The minimum absolute atomic E-state index is 0.729. The number of aromatic amines is 1. The molecule has 0 fully saturated rings. The number of furan rings is 1. The van der Waals surface area contributed by atoms with E-state index >= 15 is 0 Å². The molecule has 0 saturated carbocycles. The van der Waals surface area contributed by atoms with E-state index in [1.807, 2.05) is 41.3 Å². The molecule has 0 bridgehead atoms. The van der Waals surface area contributed by atoms with Gasteiger partial charge in [0.05, 0.1) is 12.7 Å². The number of nitrogens with zero attached hydrogens (tertiary/aromatic N) is 4. The minimum Gasteiger partial charge on any atom is -0.454 e. The van der Waals surface area contributed by atoms with Crippen molar-refractivity contribution in [3.8, 4) is 11.5 Å². The van der Waals surface area contributed by atoms with E-state index in [1.54, 1.807) is 0 Å². The summed E-state index contributed by atoms with van der Waals surface area (Å²) in [6.45, 7) is 2.45. The van der Waals surface area contributed by atoms with Crippen molar-refractivity contribution in [1.82, 2.24) is 24.9 Å². The first kappa shape index (κ1) is 19.3. The minimum atomic E-state index is 0.729. The number of hydrogen-bond donors (Lipinski definition) is 1. The Kier molecular flexibility index (Phi) is 5.37. The summed E-state index contributed by atoms with van der Waals surface area (Å²) in [6.07, 6.45) is 6.92. The van der Waals surface area contributed by atoms with Gasteiger partial charge in [-0.25, -0.2) is 0 Å². The van der Waals surface area contributed by atoms with Crippen molar-refractivity contribution >= 4 is 11.0 Å². The molecule has 31 heavy (non-hydrogen) atoms. The molecule has 0 spiro atoms. The summed E-state index contributed by atoms with van der Waals surface area (Å²) in [4.78, 5) is 2.31. The largest absolute Gasteiger partial charge is 0.454 e. The van der Waals surface area contributed by atoms with Crippen LogP contribution in [0.1, 0.15) is 16.7 Å². The predicted octanol–water partition coefficient (Wildman–Crippen LogP) is 4.74. The van der Waals surface area contributed by atoms with E-state index in [-0.39, 0.29) is 0 Å². The van der Waals surface area contributed by atoms with Gasteiger partial charge in [-0.1, -0.05) is 48.5 Å². The van der Waals surface area contributed by atoms with Crippen molar-refractivity contribution in [3.05, 3.63) is 95.9 Å². The summed E-state index contributed by atoms with van der Waals surface area (Å²) in [7, 11) is 2.14. The van der Waals surface area contributed by atoms with Gasteiger partial charge in [0.2, 0.25) is 0 Å². The monoisotopic (exact) mass is 411 g/mol. The first-order valence-electron chi connectivity index (χ1n) is 10.5. The van der Waals surface area contributed by atoms with Crippen LogP contribution in [-0.4, -0.2) is 38.5 Å². The molecule has 1 N–H and O–H groups in total. The van der Waals surface area contributed by atoms with Gasteiger partial charge < -0.3 is 9.32 Å². The first-order chi connectivity index (χ1) is 15.2. The number of benzene rings is 2. The maximum absolute atomic E-state index is 6.15. The molecule has 0 unspecified atom stereocenters. The van der Waals surface area contributed by atoms with Crippen LogP contribution in [-0.2, 0) is 19.5 Å². The van der Waals surface area contributed by atoms with Crippen molar-refractivity contribution in [2.45, 2.75) is 19.5 Å². The Balaban J connectivity index is 1.42. The summed E-state index contributed by atoms with van der Waals surface area (Å²) >= 11 is 0. The van der Waals surface area contributed by atoms with Gasteiger partial charge >= 0.3 is 0 Å². The maximum Gasteiger partial charge on any atom is 0.156 e. The summed E-state index contributed by atoms with van der Waals surface area (Å²) in [5, 5.41) is 12.9. The highest BCUT2D eigenvalue weighted by molar-refractivity contribution is 5.82. The third-order valence-corrected chi connectivity index (χ3v) is 5.46. The molecule has 0 aliphatic rings. The number of nitrogens with one attached hydrogen (secondary N) is 1. The molecule has 156 valence electrons. The highest BCUT2D eigenvalue weighted by atomic mass is 16.3. The van der Waals surface area contributed by atoms with Gasteiger partial charge in [-0.15, -0.1) is 0 Å². The molecule has 0 saturated heterocycles. The zero-order chi connectivity index (χ0) is 21.0. The summed E-state index contributed by atoms with van der Waals surface area (Å²) in [6, 6.07) is 20.6. The number of fused-ring (bicyclic) bond motifs is 1. The van der Waals surface area contributed by atoms with Crippen molar-refractivity contribution in [3.63, 3.8) is 0 Å². The van der Waals surface area contributed by atoms with Crippen LogP contribution in [0.4, 0.5) is 0 Å². The van der Waals surface area contributed by atoms with Crippen molar-refractivity contribution in [2.24, 2.45) is 0 Å². The Labute approximate surface area is 181 Å². The number of hydrogen-bond acceptors (Lipinski definition) is 4. The van der Waals surface area contributed by atoms with Gasteiger partial charge in [0.25, 0.3) is 0 Å². The summed E-state index contributed by atoms with van der Waals surface area (Å²) < 4.78 is 8.16. The fourth-order valence-electron chi connectivity index (χ4n) is 3.84. The fourth-order valence-corrected chi connectivity index (χ4v) is 3.84.